The fourth-order valence-electron chi connectivity index (χ4n) is 2.85. The molecule has 0 aliphatic carbocycles. The van der Waals surface area contributed by atoms with E-state index in [0.29, 0.717) is 13.1 Å². The molecule has 0 bridgehead atoms. The first kappa shape index (κ1) is 17.7. The monoisotopic (exact) mass is 403 g/mol. The van der Waals surface area contributed by atoms with Crippen molar-refractivity contribution in [3.05, 3.63) is 46.1 Å². The third-order valence-electron chi connectivity index (χ3n) is 4.14. The first-order valence-corrected chi connectivity index (χ1v) is 9.25. The van der Waals surface area contributed by atoms with Crippen LogP contribution in [0.2, 0.25) is 0 Å². The van der Waals surface area contributed by atoms with Crippen molar-refractivity contribution >= 4 is 33.6 Å². The van der Waals surface area contributed by atoms with Gasteiger partial charge in [0.15, 0.2) is 0 Å². The molecular weight excluding hydrogens is 382 g/mol. The lowest BCUT2D eigenvalue weighted by molar-refractivity contribution is 0.0746. The van der Waals surface area contributed by atoms with Crippen LogP contribution in [0.15, 0.2) is 34.8 Å². The van der Waals surface area contributed by atoms with Crippen molar-refractivity contribution < 1.29 is 4.79 Å². The van der Waals surface area contributed by atoms with Crippen LogP contribution in [0.3, 0.4) is 0 Å². The third kappa shape index (κ3) is 4.28. The van der Waals surface area contributed by atoms with Crippen molar-refractivity contribution in [2.75, 3.05) is 42.9 Å². The summed E-state index contributed by atoms with van der Waals surface area (Å²) in [4.78, 5) is 25.7. The van der Waals surface area contributed by atoms with Crippen molar-refractivity contribution in [1.29, 1.82) is 0 Å². The summed E-state index contributed by atoms with van der Waals surface area (Å²) >= 11 is 3.40. The standard InChI is InChI=1S/C18H22BrN5O/c1-3-20-16-12-13(2)21-18(22-16)24-10-8-23(9-11-24)17(25)14-4-6-15(19)7-5-14/h4-7,12H,3,8-11H2,1-2H3,(H,20,21,22). The smallest absolute Gasteiger partial charge is 0.253 e. The molecule has 1 saturated heterocycles. The number of benzene rings is 1. The third-order valence-corrected chi connectivity index (χ3v) is 4.67. The van der Waals surface area contributed by atoms with Crippen LogP contribution in [-0.4, -0.2) is 53.5 Å². The molecule has 132 valence electrons. The van der Waals surface area contributed by atoms with Crippen molar-refractivity contribution in [3.63, 3.8) is 0 Å². The fourth-order valence-corrected chi connectivity index (χ4v) is 3.11. The molecule has 2 aromatic rings. The molecule has 3 rings (SSSR count). The Morgan fingerprint density at radius 1 is 1.16 bits per heavy atom. The number of aromatic nitrogens is 2. The SMILES string of the molecule is CCNc1cc(C)nc(N2CCN(C(=O)c3ccc(Br)cc3)CC2)n1. The number of anilines is 2. The molecule has 1 fully saturated rings. The molecule has 0 saturated carbocycles. The summed E-state index contributed by atoms with van der Waals surface area (Å²) in [5.41, 5.74) is 1.66. The normalized spacial score (nSPS) is 14.5. The number of carbonyl (C=O) groups is 1. The van der Waals surface area contributed by atoms with Gasteiger partial charge in [0.1, 0.15) is 5.82 Å². The van der Waals surface area contributed by atoms with Crippen molar-refractivity contribution in [2.24, 2.45) is 0 Å². The predicted octanol–water partition coefficient (Wildman–Crippen LogP) is 2.94. The lowest BCUT2D eigenvalue weighted by Crippen LogP contribution is -2.49. The number of aryl methyl sites for hydroxylation is 1. The lowest BCUT2D eigenvalue weighted by Gasteiger charge is -2.35. The van der Waals surface area contributed by atoms with E-state index in [2.05, 4.69) is 36.1 Å². The van der Waals surface area contributed by atoms with E-state index >= 15 is 0 Å². The Hall–Kier alpha value is -2.15. The Balaban J connectivity index is 1.65. The Morgan fingerprint density at radius 2 is 1.84 bits per heavy atom. The van der Waals surface area contributed by atoms with Gasteiger partial charge in [-0.15, -0.1) is 0 Å². The molecule has 2 heterocycles. The van der Waals surface area contributed by atoms with Gasteiger partial charge in [-0.2, -0.15) is 4.98 Å². The van der Waals surface area contributed by atoms with E-state index in [1.807, 2.05) is 49.1 Å². The Labute approximate surface area is 156 Å². The molecule has 1 aliphatic heterocycles. The zero-order chi connectivity index (χ0) is 17.8. The molecular formula is C18H22BrN5O. The van der Waals surface area contributed by atoms with Crippen LogP contribution in [0.25, 0.3) is 0 Å². The number of hydrogen-bond donors (Lipinski definition) is 1. The second kappa shape index (κ2) is 7.82. The molecule has 25 heavy (non-hydrogen) atoms. The van der Waals surface area contributed by atoms with Gasteiger partial charge in [-0.05, 0) is 38.1 Å². The number of carbonyl (C=O) groups excluding carboxylic acids is 1. The summed E-state index contributed by atoms with van der Waals surface area (Å²) in [6.07, 6.45) is 0. The topological polar surface area (TPSA) is 61.4 Å². The van der Waals surface area contributed by atoms with Gasteiger partial charge >= 0.3 is 0 Å². The zero-order valence-electron chi connectivity index (χ0n) is 14.5. The average molecular weight is 404 g/mol. The van der Waals surface area contributed by atoms with Gasteiger partial charge in [0.25, 0.3) is 5.91 Å². The molecule has 0 unspecified atom stereocenters. The van der Waals surface area contributed by atoms with Crippen molar-refractivity contribution in [2.45, 2.75) is 13.8 Å². The van der Waals surface area contributed by atoms with Crippen LogP contribution in [-0.2, 0) is 0 Å². The Morgan fingerprint density at radius 3 is 2.48 bits per heavy atom. The van der Waals surface area contributed by atoms with E-state index in [1.54, 1.807) is 0 Å². The minimum Gasteiger partial charge on any atom is -0.370 e. The van der Waals surface area contributed by atoms with E-state index in [-0.39, 0.29) is 5.91 Å². The molecule has 0 spiro atoms. The second-order valence-corrected chi connectivity index (χ2v) is 6.93. The summed E-state index contributed by atoms with van der Waals surface area (Å²) in [6, 6.07) is 9.44. The number of nitrogens with one attached hydrogen (secondary N) is 1. The highest BCUT2D eigenvalue weighted by Gasteiger charge is 2.23. The highest BCUT2D eigenvalue weighted by molar-refractivity contribution is 9.10. The second-order valence-electron chi connectivity index (χ2n) is 6.01. The molecule has 0 atom stereocenters. The number of nitrogens with zero attached hydrogens (tertiary/aromatic N) is 4. The number of piperazine rings is 1. The zero-order valence-corrected chi connectivity index (χ0v) is 16.1. The molecule has 0 radical (unpaired) electrons. The fraction of sp³-hybridized carbons (Fsp3) is 0.389. The van der Waals surface area contributed by atoms with Crippen LogP contribution in [0, 0.1) is 6.92 Å². The van der Waals surface area contributed by atoms with Crippen LogP contribution in [0.4, 0.5) is 11.8 Å². The van der Waals surface area contributed by atoms with Crippen molar-refractivity contribution in [3.8, 4) is 0 Å². The van der Waals surface area contributed by atoms with Crippen LogP contribution >= 0.6 is 15.9 Å². The molecule has 1 amide bonds. The van der Waals surface area contributed by atoms with Crippen LogP contribution in [0.5, 0.6) is 0 Å². The summed E-state index contributed by atoms with van der Waals surface area (Å²) < 4.78 is 0.974. The van der Waals surface area contributed by atoms with Gasteiger partial charge < -0.3 is 15.1 Å². The summed E-state index contributed by atoms with van der Waals surface area (Å²) in [5, 5.41) is 3.23. The summed E-state index contributed by atoms with van der Waals surface area (Å²) in [6.45, 7) is 7.65. The Bertz CT molecular complexity index is 742. The molecule has 6 nitrogen and oxygen atoms in total. The predicted molar refractivity (Wildman–Crippen MR) is 103 cm³/mol. The maximum absolute atomic E-state index is 12.6. The Kier molecular flexibility index (Phi) is 5.53. The van der Waals surface area contributed by atoms with Gasteiger partial charge in [0, 0.05) is 54.5 Å². The molecule has 7 heteroatoms. The largest absolute Gasteiger partial charge is 0.370 e. The average Bonchev–Trinajstić information content (AvgIpc) is 2.62. The summed E-state index contributed by atoms with van der Waals surface area (Å²) in [5.74, 6) is 1.65. The quantitative estimate of drug-likeness (QED) is 0.849. The van der Waals surface area contributed by atoms with E-state index < -0.39 is 0 Å². The first-order valence-electron chi connectivity index (χ1n) is 8.46. The molecule has 1 N–H and O–H groups in total. The van der Waals surface area contributed by atoms with Gasteiger partial charge in [0.05, 0.1) is 0 Å². The van der Waals surface area contributed by atoms with E-state index in [1.165, 1.54) is 0 Å². The molecule has 1 aromatic carbocycles. The van der Waals surface area contributed by atoms with E-state index in [9.17, 15) is 4.79 Å². The summed E-state index contributed by atoms with van der Waals surface area (Å²) in [7, 11) is 0. The number of amides is 1. The van der Waals surface area contributed by atoms with E-state index in [4.69, 9.17) is 0 Å². The van der Waals surface area contributed by atoms with Crippen LogP contribution in [0.1, 0.15) is 23.0 Å². The number of hydrogen-bond acceptors (Lipinski definition) is 5. The van der Waals surface area contributed by atoms with Crippen LogP contribution < -0.4 is 10.2 Å². The minimum atomic E-state index is 0.0747. The van der Waals surface area contributed by atoms with Gasteiger partial charge in [0.2, 0.25) is 5.95 Å². The number of rotatable bonds is 4. The highest BCUT2D eigenvalue weighted by atomic mass is 79.9. The maximum atomic E-state index is 12.6. The molecule has 1 aliphatic rings. The molecule has 1 aromatic heterocycles. The van der Waals surface area contributed by atoms with E-state index in [0.717, 1.165) is 47.1 Å². The number of halogens is 1. The first-order chi connectivity index (χ1) is 12.1. The lowest BCUT2D eigenvalue weighted by atomic mass is 10.2. The van der Waals surface area contributed by atoms with Gasteiger partial charge in [-0.25, -0.2) is 4.98 Å². The van der Waals surface area contributed by atoms with Gasteiger partial charge in [-0.1, -0.05) is 15.9 Å². The van der Waals surface area contributed by atoms with Crippen molar-refractivity contribution in [1.82, 2.24) is 14.9 Å². The van der Waals surface area contributed by atoms with Gasteiger partial charge in [-0.3, -0.25) is 4.79 Å². The maximum Gasteiger partial charge on any atom is 0.253 e. The minimum absolute atomic E-state index is 0.0747. The highest BCUT2D eigenvalue weighted by Crippen LogP contribution is 2.17.